The van der Waals surface area contributed by atoms with Crippen LogP contribution in [0.2, 0.25) is 0 Å². The summed E-state index contributed by atoms with van der Waals surface area (Å²) in [5, 5.41) is 14.4. The largest absolute Gasteiger partial charge is 0.496 e. The monoisotopic (exact) mass is 387 g/mol. The van der Waals surface area contributed by atoms with Crippen LogP contribution in [0.1, 0.15) is 6.42 Å². The van der Waals surface area contributed by atoms with Gasteiger partial charge in [0.05, 0.1) is 24.5 Å². The number of nitro benzene ring substituents is 1. The van der Waals surface area contributed by atoms with E-state index >= 15 is 0 Å². The lowest BCUT2D eigenvalue weighted by Crippen LogP contribution is -2.35. The van der Waals surface area contributed by atoms with Crippen molar-refractivity contribution in [3.05, 3.63) is 52.6 Å². The number of imide groups is 1. The highest BCUT2D eigenvalue weighted by atomic mass is 32.2. The zero-order valence-corrected chi connectivity index (χ0v) is 15.5. The number of amides is 2. The lowest BCUT2D eigenvalue weighted by atomic mass is 10.2. The fraction of sp³-hybridized carbons (Fsp3) is 0.222. The van der Waals surface area contributed by atoms with Gasteiger partial charge in [0.15, 0.2) is 0 Å². The van der Waals surface area contributed by atoms with Gasteiger partial charge in [0, 0.05) is 10.6 Å². The molecular formula is C18H17N3O5S. The lowest BCUT2D eigenvalue weighted by Gasteiger charge is -2.17. The lowest BCUT2D eigenvalue weighted by molar-refractivity contribution is -0.384. The zero-order valence-electron chi connectivity index (χ0n) is 14.7. The van der Waals surface area contributed by atoms with Crippen LogP contribution >= 0.6 is 11.8 Å². The van der Waals surface area contributed by atoms with Gasteiger partial charge in [-0.05, 0) is 36.6 Å². The molecule has 0 unspecified atom stereocenters. The van der Waals surface area contributed by atoms with Crippen molar-refractivity contribution < 1.29 is 19.2 Å². The van der Waals surface area contributed by atoms with Crippen LogP contribution in [0.25, 0.3) is 0 Å². The molecule has 1 fully saturated rings. The predicted molar refractivity (Wildman–Crippen MR) is 102 cm³/mol. The molecule has 3 rings (SSSR count). The molecule has 2 amide bonds. The number of hydrogen-bond donors (Lipinski definition) is 1. The van der Waals surface area contributed by atoms with Crippen LogP contribution in [0.3, 0.4) is 0 Å². The minimum Gasteiger partial charge on any atom is -0.496 e. The van der Waals surface area contributed by atoms with E-state index in [9.17, 15) is 19.7 Å². The number of rotatable bonds is 6. The van der Waals surface area contributed by atoms with E-state index in [0.717, 1.165) is 9.80 Å². The van der Waals surface area contributed by atoms with Gasteiger partial charge in [0.1, 0.15) is 17.5 Å². The summed E-state index contributed by atoms with van der Waals surface area (Å²) < 4.78 is 4.99. The van der Waals surface area contributed by atoms with E-state index in [1.165, 1.54) is 25.3 Å². The van der Waals surface area contributed by atoms with Crippen molar-refractivity contribution in [2.45, 2.75) is 17.4 Å². The van der Waals surface area contributed by atoms with Gasteiger partial charge in [-0.3, -0.25) is 19.7 Å². The minimum atomic E-state index is -0.781. The first kappa shape index (κ1) is 18.7. The predicted octanol–water partition coefficient (Wildman–Crippen LogP) is 3.07. The molecule has 1 saturated heterocycles. The summed E-state index contributed by atoms with van der Waals surface area (Å²) in [6.45, 7) is 0. The van der Waals surface area contributed by atoms with Crippen LogP contribution in [0.5, 0.6) is 5.75 Å². The summed E-state index contributed by atoms with van der Waals surface area (Å²) in [4.78, 5) is 37.9. The average molecular weight is 387 g/mol. The molecule has 8 nitrogen and oxygen atoms in total. The quantitative estimate of drug-likeness (QED) is 0.352. The van der Waals surface area contributed by atoms with Gasteiger partial charge in [-0.1, -0.05) is 6.07 Å². The van der Waals surface area contributed by atoms with Crippen LogP contribution in [0.4, 0.5) is 17.1 Å². The van der Waals surface area contributed by atoms with Crippen molar-refractivity contribution in [2.75, 3.05) is 23.6 Å². The number of carbonyl (C=O) groups excluding carboxylic acids is 2. The topological polar surface area (TPSA) is 102 Å². The molecule has 1 N–H and O–H groups in total. The molecule has 0 radical (unpaired) electrons. The van der Waals surface area contributed by atoms with Crippen LogP contribution in [-0.4, -0.2) is 36.1 Å². The number of thioether (sulfide) groups is 1. The second kappa shape index (κ2) is 7.67. The van der Waals surface area contributed by atoms with E-state index in [-0.39, 0.29) is 23.5 Å². The van der Waals surface area contributed by atoms with E-state index in [1.54, 1.807) is 17.8 Å². The number of nitrogens with zero attached hydrogens (tertiary/aromatic N) is 2. The Morgan fingerprint density at radius 2 is 2.04 bits per heavy atom. The molecule has 27 heavy (non-hydrogen) atoms. The molecule has 140 valence electrons. The molecule has 0 aromatic heterocycles. The van der Waals surface area contributed by atoms with Gasteiger partial charge >= 0.3 is 0 Å². The summed E-state index contributed by atoms with van der Waals surface area (Å²) >= 11 is 1.56. The standard InChI is InChI=1S/C18H17N3O5S/c1-26-12-6-7-15(16(9-12)21(24)25)20-17(22)10-14(18(20)23)19-11-4-3-5-13(8-11)27-2/h3-9,14,19H,10H2,1-2H3/t14-/m1/s1. The Morgan fingerprint density at radius 1 is 1.26 bits per heavy atom. The molecule has 2 aromatic rings. The fourth-order valence-electron chi connectivity index (χ4n) is 2.88. The highest BCUT2D eigenvalue weighted by Crippen LogP contribution is 2.35. The maximum absolute atomic E-state index is 12.8. The van der Waals surface area contributed by atoms with Crippen LogP contribution in [0, 0.1) is 10.1 Å². The highest BCUT2D eigenvalue weighted by Gasteiger charge is 2.42. The van der Waals surface area contributed by atoms with Gasteiger partial charge in [0.2, 0.25) is 5.91 Å². The number of nitrogens with one attached hydrogen (secondary N) is 1. The summed E-state index contributed by atoms with van der Waals surface area (Å²) in [5.74, 6) is -0.747. The first-order valence-corrected chi connectivity index (χ1v) is 9.27. The van der Waals surface area contributed by atoms with Gasteiger partial charge in [-0.15, -0.1) is 11.8 Å². The van der Waals surface area contributed by atoms with Crippen LogP contribution in [-0.2, 0) is 9.59 Å². The number of hydrogen-bond acceptors (Lipinski definition) is 7. The Kier molecular flexibility index (Phi) is 5.31. The van der Waals surface area contributed by atoms with Gasteiger partial charge < -0.3 is 10.1 Å². The normalized spacial score (nSPS) is 16.5. The first-order valence-electron chi connectivity index (χ1n) is 8.04. The van der Waals surface area contributed by atoms with Crippen LogP contribution in [0.15, 0.2) is 47.4 Å². The summed E-state index contributed by atoms with van der Waals surface area (Å²) in [6, 6.07) is 10.7. The number of anilines is 2. The number of methoxy groups -OCH3 is 1. The maximum Gasteiger partial charge on any atom is 0.297 e. The molecule has 1 aliphatic heterocycles. The Morgan fingerprint density at radius 3 is 2.70 bits per heavy atom. The molecule has 1 heterocycles. The van der Waals surface area contributed by atoms with Crippen LogP contribution < -0.4 is 15.0 Å². The number of nitro groups is 1. The third kappa shape index (κ3) is 3.72. The Balaban J connectivity index is 1.89. The molecule has 1 atom stereocenters. The van der Waals surface area contributed by atoms with E-state index < -0.39 is 22.8 Å². The Hall–Kier alpha value is -3.07. The third-order valence-electron chi connectivity index (χ3n) is 4.18. The summed E-state index contributed by atoms with van der Waals surface area (Å²) in [6.07, 6.45) is 1.86. The number of carbonyl (C=O) groups is 2. The first-order chi connectivity index (χ1) is 12.9. The zero-order chi connectivity index (χ0) is 19.6. The maximum atomic E-state index is 12.8. The molecule has 0 spiro atoms. The number of ether oxygens (including phenoxy) is 1. The van der Waals surface area contributed by atoms with Crippen molar-refractivity contribution in [2.24, 2.45) is 0 Å². The smallest absolute Gasteiger partial charge is 0.297 e. The van der Waals surface area contributed by atoms with E-state index in [1.807, 2.05) is 24.5 Å². The van der Waals surface area contributed by atoms with Crippen molar-refractivity contribution in [1.82, 2.24) is 0 Å². The molecular weight excluding hydrogens is 370 g/mol. The fourth-order valence-corrected chi connectivity index (χ4v) is 3.34. The minimum absolute atomic E-state index is 0.0574. The van der Waals surface area contributed by atoms with Crippen molar-refractivity contribution in [3.8, 4) is 5.75 Å². The molecule has 1 aliphatic rings. The Bertz CT molecular complexity index is 918. The van der Waals surface area contributed by atoms with Crippen molar-refractivity contribution in [3.63, 3.8) is 0 Å². The van der Waals surface area contributed by atoms with Gasteiger partial charge in [-0.2, -0.15) is 0 Å². The van der Waals surface area contributed by atoms with E-state index in [2.05, 4.69) is 5.32 Å². The second-order valence-electron chi connectivity index (χ2n) is 5.81. The highest BCUT2D eigenvalue weighted by molar-refractivity contribution is 7.98. The molecule has 0 bridgehead atoms. The third-order valence-corrected chi connectivity index (χ3v) is 4.90. The SMILES string of the molecule is COc1ccc(N2C(=O)C[C@@H](Nc3cccc(SC)c3)C2=O)c([N+](=O)[O-])c1. The van der Waals surface area contributed by atoms with E-state index in [0.29, 0.717) is 5.69 Å². The van der Waals surface area contributed by atoms with Gasteiger partial charge in [0.25, 0.3) is 11.6 Å². The van der Waals surface area contributed by atoms with Crippen molar-refractivity contribution >= 4 is 40.6 Å². The van der Waals surface area contributed by atoms with Gasteiger partial charge in [-0.25, -0.2) is 4.90 Å². The summed E-state index contributed by atoms with van der Waals surface area (Å²) in [7, 11) is 1.38. The molecule has 9 heteroatoms. The van der Waals surface area contributed by atoms with Crippen molar-refractivity contribution in [1.29, 1.82) is 0 Å². The molecule has 0 saturated carbocycles. The molecule has 0 aliphatic carbocycles. The number of benzene rings is 2. The second-order valence-corrected chi connectivity index (χ2v) is 6.69. The molecule has 2 aromatic carbocycles. The summed E-state index contributed by atoms with van der Waals surface area (Å²) in [5.41, 5.74) is 0.290. The average Bonchev–Trinajstić information content (AvgIpc) is 2.94. The van der Waals surface area contributed by atoms with E-state index in [4.69, 9.17) is 4.74 Å². The Labute approximate surface area is 159 Å².